The Labute approximate surface area is 433 Å². The van der Waals surface area contributed by atoms with E-state index in [0.717, 1.165) is 84.6 Å². The summed E-state index contributed by atoms with van der Waals surface area (Å²) in [5, 5.41) is 35.2. The number of ether oxygens (including phenoxy) is 1. The average Bonchev–Trinajstić information content (AvgIpc) is 3.99. The Morgan fingerprint density at radius 1 is 0.849 bits per heavy atom. The number of aryl methyl sites for hydroxylation is 1. The summed E-state index contributed by atoms with van der Waals surface area (Å²) in [6.45, 7) is 15.2. The van der Waals surface area contributed by atoms with Crippen molar-refractivity contribution in [3.05, 3.63) is 107 Å². The highest BCUT2D eigenvalue weighted by Crippen LogP contribution is 2.34. The Balaban J connectivity index is 0.772. The number of hydrogen-bond acceptors (Lipinski definition) is 13. The number of nitrogens with one attached hydrogen (secondary N) is 2. The van der Waals surface area contributed by atoms with Crippen LogP contribution in [0.25, 0.3) is 21.7 Å². The number of benzene rings is 3. The summed E-state index contributed by atoms with van der Waals surface area (Å²) in [5.41, 5.74) is 13.4. The fourth-order valence-electron chi connectivity index (χ4n) is 9.59. The monoisotopic (exact) mass is 1020 g/mol. The van der Waals surface area contributed by atoms with Crippen molar-refractivity contribution in [2.24, 2.45) is 5.41 Å². The molecule has 2 aliphatic rings. The molecule has 0 spiro atoms. The molecular weight excluding hydrogens is 943 g/mol. The van der Waals surface area contributed by atoms with E-state index in [1.807, 2.05) is 94.4 Å². The molecule has 5 aromatic rings. The van der Waals surface area contributed by atoms with Crippen molar-refractivity contribution in [3.8, 4) is 33.2 Å². The van der Waals surface area contributed by atoms with E-state index >= 15 is 0 Å². The lowest BCUT2D eigenvalue weighted by atomic mass is 9.85. The first-order chi connectivity index (χ1) is 34.9. The number of carbonyl (C=O) groups excluding carboxylic acids is 4. The maximum absolute atomic E-state index is 14.1. The number of carbonyl (C=O) groups is 4. The molecule has 2 saturated heterocycles. The highest BCUT2D eigenvalue weighted by Gasteiger charge is 2.44. The highest BCUT2D eigenvalue weighted by atomic mass is 32.1. The second-order valence-corrected chi connectivity index (χ2v) is 21.5. The number of β-amino-alcohol motifs (C(OH)–C–C–N with tert-alkyl or cyclic N) is 1. The second kappa shape index (κ2) is 25.0. The number of phenols is 1. The van der Waals surface area contributed by atoms with Crippen molar-refractivity contribution in [2.75, 3.05) is 38.5 Å². The van der Waals surface area contributed by atoms with Gasteiger partial charge in [-0.3, -0.25) is 24.1 Å². The van der Waals surface area contributed by atoms with E-state index in [4.69, 9.17) is 10.5 Å². The fourth-order valence-corrected chi connectivity index (χ4v) is 10.4. The van der Waals surface area contributed by atoms with Gasteiger partial charge in [-0.2, -0.15) is 0 Å². The van der Waals surface area contributed by atoms with Crippen LogP contribution in [0, 0.1) is 12.3 Å². The standard InChI is InChI=1S/C56H73N9O7S/c1-36(40-22-24-41(25-23-40)51-37(2)58-35-73-51)59-54(70)46-31-43(66)34-65(46)55(71)52(56(4,5)6)60-49(68)20-11-9-7-8-10-12-21-50(69)64-28-26-63(27-29-64)33-39-16-15-17-42(30-39)38(3)72-48-32-45(61-62-53(48)57)44-18-13-14-19-47(44)67/h13-19,22-25,30,32,35-36,38,43,46,52,66-67H,7-12,20-21,26-29,31,33-34H2,1-6H3,(H2,57,62)(H,59,70)(H,60,68). The number of rotatable bonds is 21. The molecule has 2 aliphatic heterocycles. The number of amides is 4. The quantitative estimate of drug-likeness (QED) is 0.0441. The Kier molecular flexibility index (Phi) is 18.6. The molecule has 5 unspecified atom stereocenters. The van der Waals surface area contributed by atoms with Crippen molar-refractivity contribution < 1.29 is 34.1 Å². The molecule has 3 aromatic carbocycles. The summed E-state index contributed by atoms with van der Waals surface area (Å²) in [6, 6.07) is 22.8. The number of anilines is 1. The molecule has 17 heteroatoms. The van der Waals surface area contributed by atoms with E-state index in [9.17, 15) is 29.4 Å². The van der Waals surface area contributed by atoms with Gasteiger partial charge in [-0.15, -0.1) is 21.5 Å². The lowest BCUT2D eigenvalue weighted by Crippen LogP contribution is -2.57. The zero-order valence-electron chi connectivity index (χ0n) is 43.2. The Bertz CT molecular complexity index is 2660. The molecule has 4 heterocycles. The summed E-state index contributed by atoms with van der Waals surface area (Å²) in [7, 11) is 0. The molecule has 0 aliphatic carbocycles. The van der Waals surface area contributed by atoms with Crippen LogP contribution < -0.4 is 21.1 Å². The second-order valence-electron chi connectivity index (χ2n) is 20.7. The summed E-state index contributed by atoms with van der Waals surface area (Å²) in [6.07, 6.45) is 4.95. The topological polar surface area (TPSA) is 216 Å². The Morgan fingerprint density at radius 3 is 2.23 bits per heavy atom. The number of aromatic hydroxyl groups is 1. The number of nitrogens with zero attached hydrogens (tertiary/aromatic N) is 6. The molecule has 7 rings (SSSR count). The number of aromatic nitrogens is 3. The molecule has 2 fully saturated rings. The van der Waals surface area contributed by atoms with Crippen molar-refractivity contribution in [1.82, 2.24) is 40.5 Å². The summed E-state index contributed by atoms with van der Waals surface area (Å²) >= 11 is 1.58. The number of aliphatic hydroxyl groups is 1. The van der Waals surface area contributed by atoms with Crippen LogP contribution in [0.2, 0.25) is 0 Å². The minimum Gasteiger partial charge on any atom is -0.507 e. The molecular formula is C56H73N9O7S. The maximum atomic E-state index is 14.1. The van der Waals surface area contributed by atoms with Crippen LogP contribution >= 0.6 is 11.3 Å². The molecule has 0 saturated carbocycles. The van der Waals surface area contributed by atoms with Crippen LogP contribution in [0.4, 0.5) is 5.82 Å². The van der Waals surface area contributed by atoms with Crippen molar-refractivity contribution in [3.63, 3.8) is 0 Å². The molecule has 6 N–H and O–H groups in total. The zero-order valence-corrected chi connectivity index (χ0v) is 44.0. The fraction of sp³-hybridized carbons (Fsp3) is 0.482. The van der Waals surface area contributed by atoms with Gasteiger partial charge in [0.1, 0.15) is 29.6 Å². The van der Waals surface area contributed by atoms with Gasteiger partial charge < -0.3 is 41.1 Å². The Morgan fingerprint density at radius 2 is 1.55 bits per heavy atom. The number of nitrogens with two attached hydrogens (primary N) is 1. The molecule has 0 bridgehead atoms. The third-order valence-corrected chi connectivity index (χ3v) is 14.9. The third-order valence-electron chi connectivity index (χ3n) is 13.9. The first-order valence-corrected chi connectivity index (χ1v) is 26.6. The molecule has 0 radical (unpaired) electrons. The molecule has 2 aromatic heterocycles. The predicted octanol–water partition coefficient (Wildman–Crippen LogP) is 8.14. The number of hydrogen-bond donors (Lipinski definition) is 5. The molecule has 390 valence electrons. The summed E-state index contributed by atoms with van der Waals surface area (Å²) in [4.78, 5) is 65.4. The minimum atomic E-state index is -0.875. The van der Waals surface area contributed by atoms with E-state index in [-0.39, 0.29) is 66.7 Å². The van der Waals surface area contributed by atoms with Crippen LogP contribution in [0.15, 0.2) is 84.4 Å². The first kappa shape index (κ1) is 54.3. The van der Waals surface area contributed by atoms with Crippen LogP contribution in [-0.4, -0.2) is 115 Å². The molecule has 5 atom stereocenters. The van der Waals surface area contributed by atoms with Crippen LogP contribution in [0.5, 0.6) is 11.5 Å². The number of likely N-dealkylation sites (tertiary alicyclic amines) is 1. The van der Waals surface area contributed by atoms with Crippen LogP contribution in [0.1, 0.15) is 127 Å². The number of unbranched alkanes of at least 4 members (excludes halogenated alkanes) is 5. The van der Waals surface area contributed by atoms with Gasteiger partial charge in [-0.1, -0.05) is 107 Å². The van der Waals surface area contributed by atoms with Gasteiger partial charge in [0.25, 0.3) is 0 Å². The highest BCUT2D eigenvalue weighted by molar-refractivity contribution is 7.13. The number of nitrogen functional groups attached to an aromatic ring is 1. The normalized spacial score (nSPS) is 17.5. The lowest BCUT2D eigenvalue weighted by molar-refractivity contribution is -0.144. The van der Waals surface area contributed by atoms with Gasteiger partial charge in [0.2, 0.25) is 23.6 Å². The van der Waals surface area contributed by atoms with E-state index in [1.54, 1.807) is 35.6 Å². The Hall–Kier alpha value is -6.43. The SMILES string of the molecule is Cc1ncsc1-c1ccc(C(C)NC(=O)C2CC(O)CN2C(=O)C(NC(=O)CCCCCCCCC(=O)N2CCN(Cc3cccc(C(C)Oc4cc(-c5ccccc5O)nnc4N)c3)CC2)C(C)(C)C)cc1. The van der Waals surface area contributed by atoms with Gasteiger partial charge in [0.05, 0.1) is 28.2 Å². The summed E-state index contributed by atoms with van der Waals surface area (Å²) in [5.74, 6) is -0.0932. The number of piperazine rings is 1. The van der Waals surface area contributed by atoms with Crippen LogP contribution in [0.3, 0.4) is 0 Å². The summed E-state index contributed by atoms with van der Waals surface area (Å²) < 4.78 is 6.26. The van der Waals surface area contributed by atoms with E-state index in [1.165, 1.54) is 4.90 Å². The zero-order chi connectivity index (χ0) is 52.2. The van der Waals surface area contributed by atoms with Crippen molar-refractivity contribution in [2.45, 2.75) is 136 Å². The van der Waals surface area contributed by atoms with Gasteiger partial charge in [-0.05, 0) is 73.4 Å². The lowest BCUT2D eigenvalue weighted by Gasteiger charge is -2.35. The molecule has 73 heavy (non-hydrogen) atoms. The maximum Gasteiger partial charge on any atom is 0.246 e. The number of aliphatic hydroxyl groups excluding tert-OH is 1. The average molecular weight is 1020 g/mol. The largest absolute Gasteiger partial charge is 0.507 e. The molecule has 16 nitrogen and oxygen atoms in total. The van der Waals surface area contributed by atoms with Gasteiger partial charge >= 0.3 is 0 Å². The predicted molar refractivity (Wildman–Crippen MR) is 284 cm³/mol. The first-order valence-electron chi connectivity index (χ1n) is 25.7. The third kappa shape index (κ3) is 14.6. The smallest absolute Gasteiger partial charge is 0.246 e. The minimum absolute atomic E-state index is 0.0169. The van der Waals surface area contributed by atoms with E-state index in [0.29, 0.717) is 42.9 Å². The van der Waals surface area contributed by atoms with Gasteiger partial charge in [-0.25, -0.2) is 4.98 Å². The van der Waals surface area contributed by atoms with E-state index < -0.39 is 23.6 Å². The van der Waals surface area contributed by atoms with Gasteiger partial charge in [0.15, 0.2) is 11.6 Å². The van der Waals surface area contributed by atoms with E-state index in [2.05, 4.69) is 42.8 Å². The van der Waals surface area contributed by atoms with Gasteiger partial charge in [0, 0.05) is 70.2 Å². The molecule has 4 amide bonds. The number of thiazole rings is 1. The van der Waals surface area contributed by atoms with Crippen molar-refractivity contribution in [1.29, 1.82) is 0 Å². The number of phenolic OH excluding ortho intramolecular Hbond substituents is 1. The number of para-hydroxylation sites is 1. The van der Waals surface area contributed by atoms with Crippen LogP contribution in [-0.2, 0) is 25.7 Å². The van der Waals surface area contributed by atoms with Crippen molar-refractivity contribution >= 4 is 40.8 Å².